The van der Waals surface area contributed by atoms with Crippen molar-refractivity contribution in [2.24, 2.45) is 5.92 Å². The van der Waals surface area contributed by atoms with Crippen molar-refractivity contribution in [3.05, 3.63) is 35.4 Å². The van der Waals surface area contributed by atoms with Crippen LogP contribution in [-0.2, 0) is 6.54 Å². The Bertz CT molecular complexity index is 436. The van der Waals surface area contributed by atoms with Gasteiger partial charge in [0.15, 0.2) is 0 Å². The fourth-order valence-electron chi connectivity index (χ4n) is 3.13. The predicted octanol–water partition coefficient (Wildman–Crippen LogP) is 3.83. The lowest BCUT2D eigenvalue weighted by Gasteiger charge is -2.24. The fraction of sp³-hybridized carbons (Fsp3) is 0.588. The molecular formula is C17H25NO2. The Morgan fingerprint density at radius 3 is 2.55 bits per heavy atom. The minimum atomic E-state index is -0.843. The molecule has 1 fully saturated rings. The normalized spacial score (nSPS) is 18.4. The van der Waals surface area contributed by atoms with Crippen LogP contribution in [0.3, 0.4) is 0 Å². The molecule has 1 aromatic rings. The lowest BCUT2D eigenvalue weighted by molar-refractivity contribution is 0.0695. The highest BCUT2D eigenvalue weighted by atomic mass is 16.4. The summed E-state index contributed by atoms with van der Waals surface area (Å²) >= 11 is 0. The molecule has 0 spiro atoms. The first-order valence-electron chi connectivity index (χ1n) is 7.73. The Kier molecular flexibility index (Phi) is 5.60. The van der Waals surface area contributed by atoms with E-state index in [1.165, 1.54) is 38.5 Å². The maximum Gasteiger partial charge on any atom is 0.336 e. The molecule has 0 aliphatic heterocycles. The molecule has 0 unspecified atom stereocenters. The van der Waals surface area contributed by atoms with Crippen molar-refractivity contribution in [3.63, 3.8) is 0 Å². The smallest absolute Gasteiger partial charge is 0.336 e. The maximum atomic E-state index is 11.2. The van der Waals surface area contributed by atoms with Gasteiger partial charge in [-0.25, -0.2) is 4.79 Å². The molecule has 1 aliphatic rings. The van der Waals surface area contributed by atoms with Crippen molar-refractivity contribution < 1.29 is 9.90 Å². The summed E-state index contributed by atoms with van der Waals surface area (Å²) in [6, 6.07) is 7.71. The Morgan fingerprint density at radius 2 is 1.90 bits per heavy atom. The molecule has 110 valence electrons. The van der Waals surface area contributed by atoms with E-state index in [4.69, 9.17) is 0 Å². The van der Waals surface area contributed by atoms with Gasteiger partial charge in [-0.1, -0.05) is 43.9 Å². The van der Waals surface area contributed by atoms with E-state index in [9.17, 15) is 9.90 Å². The van der Waals surface area contributed by atoms with Gasteiger partial charge in [-0.05, 0) is 37.3 Å². The van der Waals surface area contributed by atoms with Gasteiger partial charge in [0.25, 0.3) is 0 Å². The molecular weight excluding hydrogens is 250 g/mol. The number of rotatable bonds is 5. The van der Waals surface area contributed by atoms with E-state index in [0.717, 1.165) is 11.5 Å². The van der Waals surface area contributed by atoms with Crippen LogP contribution in [0.25, 0.3) is 0 Å². The Hall–Kier alpha value is -1.35. The molecule has 20 heavy (non-hydrogen) atoms. The summed E-state index contributed by atoms with van der Waals surface area (Å²) in [4.78, 5) is 11.2. The first kappa shape index (κ1) is 15.0. The van der Waals surface area contributed by atoms with E-state index in [1.807, 2.05) is 12.1 Å². The first-order chi connectivity index (χ1) is 9.68. The van der Waals surface area contributed by atoms with Crippen LogP contribution in [0, 0.1) is 5.92 Å². The van der Waals surface area contributed by atoms with Gasteiger partial charge >= 0.3 is 5.97 Å². The Balaban J connectivity index is 1.92. The highest BCUT2D eigenvalue weighted by Gasteiger charge is 2.19. The third-order valence-corrected chi connectivity index (χ3v) is 4.47. The maximum absolute atomic E-state index is 11.2. The third-order valence-electron chi connectivity index (χ3n) is 4.47. The van der Waals surface area contributed by atoms with Crippen LogP contribution >= 0.6 is 0 Å². The molecule has 1 atom stereocenters. The zero-order chi connectivity index (χ0) is 14.4. The number of carbonyl (C=O) groups is 1. The molecule has 1 aliphatic carbocycles. The fourth-order valence-corrected chi connectivity index (χ4v) is 3.13. The number of aromatic carboxylic acids is 1. The van der Waals surface area contributed by atoms with E-state index in [1.54, 1.807) is 12.1 Å². The van der Waals surface area contributed by atoms with Gasteiger partial charge in [0.05, 0.1) is 5.56 Å². The minimum absolute atomic E-state index is 0.410. The minimum Gasteiger partial charge on any atom is -0.478 e. The lowest BCUT2D eigenvalue weighted by Crippen LogP contribution is -2.33. The average Bonchev–Trinajstić information content (AvgIpc) is 2.74. The van der Waals surface area contributed by atoms with E-state index in [2.05, 4.69) is 12.2 Å². The average molecular weight is 275 g/mol. The van der Waals surface area contributed by atoms with Crippen LogP contribution in [0.4, 0.5) is 0 Å². The summed E-state index contributed by atoms with van der Waals surface area (Å²) in [7, 11) is 0. The molecule has 1 aromatic carbocycles. The highest BCUT2D eigenvalue weighted by molar-refractivity contribution is 5.89. The summed E-state index contributed by atoms with van der Waals surface area (Å²) in [6.07, 6.45) is 8.00. The first-order valence-corrected chi connectivity index (χ1v) is 7.73. The van der Waals surface area contributed by atoms with Gasteiger partial charge < -0.3 is 10.4 Å². The van der Waals surface area contributed by atoms with Gasteiger partial charge in [0, 0.05) is 12.6 Å². The van der Waals surface area contributed by atoms with Crippen LogP contribution in [-0.4, -0.2) is 17.1 Å². The van der Waals surface area contributed by atoms with Crippen LogP contribution in [0.15, 0.2) is 24.3 Å². The van der Waals surface area contributed by atoms with Crippen LogP contribution in [0.5, 0.6) is 0 Å². The van der Waals surface area contributed by atoms with Gasteiger partial charge in [0.2, 0.25) is 0 Å². The van der Waals surface area contributed by atoms with Crippen LogP contribution < -0.4 is 5.32 Å². The molecule has 0 radical (unpaired) electrons. The van der Waals surface area contributed by atoms with E-state index in [-0.39, 0.29) is 0 Å². The van der Waals surface area contributed by atoms with Crippen molar-refractivity contribution in [3.8, 4) is 0 Å². The number of nitrogens with one attached hydrogen (secondary N) is 1. The van der Waals surface area contributed by atoms with Gasteiger partial charge in [-0.2, -0.15) is 0 Å². The van der Waals surface area contributed by atoms with Gasteiger partial charge in [0.1, 0.15) is 0 Å². The quantitative estimate of drug-likeness (QED) is 0.803. The zero-order valence-corrected chi connectivity index (χ0v) is 12.3. The van der Waals surface area contributed by atoms with E-state index >= 15 is 0 Å². The SMILES string of the molecule is C[C@H](NCc1ccccc1C(=O)O)C1CCCCCC1. The monoisotopic (exact) mass is 275 g/mol. The molecule has 2 rings (SSSR count). The van der Waals surface area contributed by atoms with E-state index in [0.29, 0.717) is 18.2 Å². The molecule has 3 nitrogen and oxygen atoms in total. The Morgan fingerprint density at radius 1 is 1.25 bits per heavy atom. The van der Waals surface area contributed by atoms with Crippen molar-refractivity contribution in [1.29, 1.82) is 0 Å². The summed E-state index contributed by atoms with van der Waals surface area (Å²) < 4.78 is 0. The highest BCUT2D eigenvalue weighted by Crippen LogP contribution is 2.25. The lowest BCUT2D eigenvalue weighted by atomic mass is 9.93. The summed E-state index contributed by atoms with van der Waals surface area (Å²) in [5.74, 6) is -0.112. The third kappa shape index (κ3) is 4.07. The van der Waals surface area contributed by atoms with Crippen molar-refractivity contribution >= 4 is 5.97 Å². The number of carboxylic acid groups (broad SMARTS) is 1. The topological polar surface area (TPSA) is 49.3 Å². The van der Waals surface area contributed by atoms with Crippen molar-refractivity contribution in [2.75, 3.05) is 0 Å². The second-order valence-electron chi connectivity index (χ2n) is 5.88. The molecule has 0 saturated heterocycles. The largest absolute Gasteiger partial charge is 0.478 e. The number of hydrogen-bond donors (Lipinski definition) is 2. The second-order valence-corrected chi connectivity index (χ2v) is 5.88. The summed E-state index contributed by atoms with van der Waals surface area (Å²) in [5.41, 5.74) is 1.29. The van der Waals surface area contributed by atoms with Crippen molar-refractivity contribution in [1.82, 2.24) is 5.32 Å². The second kappa shape index (κ2) is 7.44. The van der Waals surface area contributed by atoms with Crippen LogP contribution in [0.2, 0.25) is 0 Å². The van der Waals surface area contributed by atoms with Gasteiger partial charge in [-0.15, -0.1) is 0 Å². The standard InChI is InChI=1S/C17H25NO2/c1-13(14-8-4-2-3-5-9-14)18-12-15-10-6-7-11-16(15)17(19)20/h6-7,10-11,13-14,18H,2-5,8-9,12H2,1H3,(H,19,20)/t13-/m0/s1. The number of carboxylic acids is 1. The van der Waals surface area contributed by atoms with E-state index < -0.39 is 5.97 Å². The Labute approximate surface area is 121 Å². The zero-order valence-electron chi connectivity index (χ0n) is 12.3. The number of benzene rings is 1. The molecule has 0 heterocycles. The van der Waals surface area contributed by atoms with Gasteiger partial charge in [-0.3, -0.25) is 0 Å². The summed E-state index contributed by atoms with van der Waals surface area (Å²) in [5, 5.41) is 12.7. The molecule has 0 amide bonds. The molecule has 1 saturated carbocycles. The molecule has 3 heteroatoms. The predicted molar refractivity (Wildman–Crippen MR) is 80.9 cm³/mol. The molecule has 2 N–H and O–H groups in total. The number of hydrogen-bond acceptors (Lipinski definition) is 2. The van der Waals surface area contributed by atoms with Crippen molar-refractivity contribution in [2.45, 2.75) is 58.0 Å². The molecule has 0 bridgehead atoms. The summed E-state index contributed by atoms with van der Waals surface area (Å²) in [6.45, 7) is 2.87. The molecule has 0 aromatic heterocycles. The van der Waals surface area contributed by atoms with Crippen LogP contribution in [0.1, 0.15) is 61.4 Å².